The Bertz CT molecular complexity index is 1130. The Morgan fingerprint density at radius 2 is 1.92 bits per heavy atom. The second-order valence-electron chi connectivity index (χ2n) is 9.91. The molecule has 2 amide bonds. The molecule has 0 spiro atoms. The third-order valence-corrected chi connectivity index (χ3v) is 6.26. The van der Waals surface area contributed by atoms with Crippen LogP contribution in [-0.4, -0.2) is 63.2 Å². The number of carboxylic acid groups (broad SMARTS) is 1. The van der Waals surface area contributed by atoms with Gasteiger partial charge < -0.3 is 19.3 Å². The second kappa shape index (κ2) is 12.1. The lowest BCUT2D eigenvalue weighted by atomic mass is 9.96. The third kappa shape index (κ3) is 6.81. The first-order valence-electron chi connectivity index (χ1n) is 12.2. The summed E-state index contributed by atoms with van der Waals surface area (Å²) in [6.45, 7) is 4.92. The number of imide groups is 1. The van der Waals surface area contributed by atoms with Crippen LogP contribution in [0.25, 0.3) is 11.3 Å². The van der Waals surface area contributed by atoms with Crippen LogP contribution in [0.3, 0.4) is 0 Å². The number of anilines is 1. The molecule has 2 aromatic heterocycles. The fourth-order valence-corrected chi connectivity index (χ4v) is 4.58. The molecule has 1 unspecified atom stereocenters. The summed E-state index contributed by atoms with van der Waals surface area (Å²) in [7, 11) is 2.90. The lowest BCUT2D eigenvalue weighted by molar-refractivity contribution is -0.100. The maximum absolute atomic E-state index is 12.9. The Labute approximate surface area is 216 Å². The molecular weight excluding hydrogens is 480 g/mol. The van der Waals surface area contributed by atoms with E-state index in [1.54, 1.807) is 37.8 Å². The van der Waals surface area contributed by atoms with Gasteiger partial charge in [0.15, 0.2) is 12.1 Å². The summed E-state index contributed by atoms with van der Waals surface area (Å²) in [6, 6.07) is 2.19. The number of carbonyl (C=O) groups is 2. The molecule has 1 N–H and O–H groups in total. The summed E-state index contributed by atoms with van der Waals surface area (Å²) >= 11 is 0. The summed E-state index contributed by atoms with van der Waals surface area (Å²) in [4.78, 5) is 34.1. The van der Waals surface area contributed by atoms with E-state index in [0.29, 0.717) is 34.1 Å². The Balaban J connectivity index is 2.10. The summed E-state index contributed by atoms with van der Waals surface area (Å²) < 4.78 is 17.8. The molecule has 200 valence electrons. The van der Waals surface area contributed by atoms with Crippen LogP contribution in [0.5, 0.6) is 0 Å². The molecule has 2 aromatic rings. The van der Waals surface area contributed by atoms with Gasteiger partial charge in [0, 0.05) is 38.0 Å². The van der Waals surface area contributed by atoms with Gasteiger partial charge in [-0.3, -0.25) is 4.68 Å². The van der Waals surface area contributed by atoms with Crippen molar-refractivity contribution in [2.45, 2.75) is 77.2 Å². The molecule has 1 saturated carbocycles. The van der Waals surface area contributed by atoms with Gasteiger partial charge in [0.1, 0.15) is 11.9 Å². The topological polar surface area (TPSA) is 153 Å². The van der Waals surface area contributed by atoms with Gasteiger partial charge >= 0.3 is 12.2 Å². The van der Waals surface area contributed by atoms with Crippen molar-refractivity contribution in [3.05, 3.63) is 24.3 Å². The molecule has 37 heavy (non-hydrogen) atoms. The zero-order chi connectivity index (χ0) is 27.2. The minimum absolute atomic E-state index is 0.0422. The number of hydrogen-bond acceptors (Lipinski definition) is 9. The van der Waals surface area contributed by atoms with Gasteiger partial charge in [-0.05, 0) is 39.5 Å². The second-order valence-corrected chi connectivity index (χ2v) is 9.91. The van der Waals surface area contributed by atoms with Crippen molar-refractivity contribution in [3.8, 4) is 17.3 Å². The number of methoxy groups -OCH3 is 2. The van der Waals surface area contributed by atoms with E-state index < -0.39 is 24.1 Å². The highest BCUT2D eigenvalue weighted by molar-refractivity contribution is 6.08. The predicted octanol–water partition coefficient (Wildman–Crippen LogP) is 4.57. The zero-order valence-electron chi connectivity index (χ0n) is 21.9. The average molecular weight is 515 g/mol. The lowest BCUT2D eigenvalue weighted by Crippen LogP contribution is -2.41. The maximum Gasteiger partial charge on any atom is 0.425 e. The van der Waals surface area contributed by atoms with Crippen LogP contribution in [-0.2, 0) is 20.6 Å². The summed E-state index contributed by atoms with van der Waals surface area (Å²) in [5.41, 5.74) is 0.327. The Hall–Kier alpha value is -3.56. The first-order valence-corrected chi connectivity index (χ1v) is 12.2. The van der Waals surface area contributed by atoms with E-state index >= 15 is 0 Å². The minimum atomic E-state index is -1.56. The zero-order valence-corrected chi connectivity index (χ0v) is 21.9. The number of rotatable bonds is 9. The Morgan fingerprint density at radius 3 is 2.49 bits per heavy atom. The molecule has 12 nitrogen and oxygen atoms in total. The quantitative estimate of drug-likeness (QED) is 0.471. The van der Waals surface area contributed by atoms with E-state index in [1.165, 1.54) is 20.5 Å². The van der Waals surface area contributed by atoms with Crippen LogP contribution in [0.1, 0.15) is 64.5 Å². The largest absolute Gasteiger partial charge is 0.464 e. The number of ether oxygens (including phenoxy) is 3. The average Bonchev–Trinajstić information content (AvgIpc) is 3.53. The van der Waals surface area contributed by atoms with Crippen LogP contribution in [0.4, 0.5) is 15.4 Å². The molecule has 2 heterocycles. The molecule has 0 radical (unpaired) electrons. The molecule has 0 aromatic carbocycles. The highest BCUT2D eigenvalue weighted by atomic mass is 16.7. The Kier molecular flexibility index (Phi) is 9.18. The van der Waals surface area contributed by atoms with Crippen molar-refractivity contribution >= 4 is 18.0 Å². The van der Waals surface area contributed by atoms with Gasteiger partial charge in [-0.1, -0.05) is 12.8 Å². The molecule has 12 heteroatoms. The highest BCUT2D eigenvalue weighted by Crippen LogP contribution is 2.37. The van der Waals surface area contributed by atoms with Gasteiger partial charge in [0.25, 0.3) is 0 Å². The number of nitrogens with zero attached hydrogens (tertiary/aromatic N) is 6. The summed E-state index contributed by atoms with van der Waals surface area (Å²) in [5.74, 6) is 0.192. The van der Waals surface area contributed by atoms with Crippen LogP contribution in [0.2, 0.25) is 0 Å². The van der Waals surface area contributed by atoms with Gasteiger partial charge in [0.2, 0.25) is 0 Å². The summed E-state index contributed by atoms with van der Waals surface area (Å²) in [5, 5.41) is 23.9. The van der Waals surface area contributed by atoms with E-state index in [1.807, 2.05) is 0 Å². The third-order valence-electron chi connectivity index (χ3n) is 6.26. The number of hydrogen-bond donors (Lipinski definition) is 1. The van der Waals surface area contributed by atoms with E-state index in [-0.39, 0.29) is 18.3 Å². The number of amides is 2. The molecular formula is C25H34N6O6. The van der Waals surface area contributed by atoms with Crippen LogP contribution >= 0.6 is 0 Å². The number of nitriles is 1. The van der Waals surface area contributed by atoms with Crippen molar-refractivity contribution in [2.24, 2.45) is 5.92 Å². The van der Waals surface area contributed by atoms with Gasteiger partial charge in [-0.2, -0.15) is 15.3 Å². The molecule has 1 aliphatic carbocycles. The molecule has 1 fully saturated rings. The monoisotopic (exact) mass is 514 g/mol. The number of carbonyl (C=O) groups excluding carboxylic acids is 1. The van der Waals surface area contributed by atoms with E-state index in [0.717, 1.165) is 25.7 Å². The van der Waals surface area contributed by atoms with Crippen molar-refractivity contribution in [1.29, 1.82) is 5.26 Å². The SMILES string of the molecule is COC(Cc1c(-c2cnn(C(CC#N)C3CCCC3)c2)ncnc1N(C(=O)O)C(=O)OC(C)(C)C)OC. The standard InChI is InChI=1S/C25H34N6O6/c1-25(2,3)37-24(34)31(23(32)33)22-18(12-20(35-4)36-5)21(27-15-28-22)17-13-29-30(14-17)19(10-11-26)16-8-6-7-9-16/h13-16,19-20H,6-10,12H2,1-5H3,(H,32,33). The van der Waals surface area contributed by atoms with Gasteiger partial charge in [0.05, 0.1) is 30.4 Å². The Morgan fingerprint density at radius 1 is 1.24 bits per heavy atom. The van der Waals surface area contributed by atoms with Crippen LogP contribution < -0.4 is 4.90 Å². The number of aromatic nitrogens is 4. The van der Waals surface area contributed by atoms with Crippen molar-refractivity contribution in [1.82, 2.24) is 19.7 Å². The van der Waals surface area contributed by atoms with E-state index in [2.05, 4.69) is 21.1 Å². The van der Waals surface area contributed by atoms with Crippen molar-refractivity contribution in [2.75, 3.05) is 19.1 Å². The fourth-order valence-electron chi connectivity index (χ4n) is 4.58. The molecule has 0 saturated heterocycles. The summed E-state index contributed by atoms with van der Waals surface area (Å²) in [6.07, 6.45) is 5.88. The first-order chi connectivity index (χ1) is 17.6. The maximum atomic E-state index is 12.9. The van der Waals surface area contributed by atoms with E-state index in [9.17, 15) is 20.0 Å². The van der Waals surface area contributed by atoms with Gasteiger partial charge in [-0.15, -0.1) is 0 Å². The minimum Gasteiger partial charge on any atom is -0.464 e. The van der Waals surface area contributed by atoms with E-state index in [4.69, 9.17) is 14.2 Å². The molecule has 0 aliphatic heterocycles. The van der Waals surface area contributed by atoms with Crippen molar-refractivity contribution in [3.63, 3.8) is 0 Å². The van der Waals surface area contributed by atoms with Gasteiger partial charge in [-0.25, -0.2) is 19.6 Å². The highest BCUT2D eigenvalue weighted by Gasteiger charge is 2.34. The fraction of sp³-hybridized carbons (Fsp3) is 0.600. The van der Waals surface area contributed by atoms with Crippen LogP contribution in [0.15, 0.2) is 18.7 Å². The predicted molar refractivity (Wildman–Crippen MR) is 133 cm³/mol. The normalized spacial score (nSPS) is 14.9. The molecule has 1 atom stereocenters. The first kappa shape index (κ1) is 28.0. The molecule has 0 bridgehead atoms. The smallest absolute Gasteiger partial charge is 0.425 e. The van der Waals surface area contributed by atoms with Crippen molar-refractivity contribution < 1.29 is 28.9 Å². The molecule has 3 rings (SSSR count). The lowest BCUT2D eigenvalue weighted by Gasteiger charge is -2.26. The molecule has 1 aliphatic rings. The van der Waals surface area contributed by atoms with Crippen LogP contribution in [0, 0.1) is 17.2 Å².